The molecule has 3 rings (SSSR count). The molecule has 1 heterocycles. The molecule has 0 unspecified atom stereocenters. The zero-order valence-corrected chi connectivity index (χ0v) is 17.4. The molecule has 2 aromatic carbocycles. The van der Waals surface area contributed by atoms with Gasteiger partial charge in [-0.05, 0) is 58.1 Å². The number of anilines is 1. The third kappa shape index (κ3) is 4.54. The van der Waals surface area contributed by atoms with E-state index in [0.717, 1.165) is 4.90 Å². The molecule has 27 heavy (non-hydrogen) atoms. The van der Waals surface area contributed by atoms with Gasteiger partial charge < -0.3 is 5.32 Å². The number of nitrogens with zero attached hydrogens (tertiary/aromatic N) is 1. The van der Waals surface area contributed by atoms with Gasteiger partial charge in [-0.2, -0.15) is 0 Å². The molecule has 2 amide bonds. The van der Waals surface area contributed by atoms with Crippen LogP contribution in [-0.2, 0) is 4.79 Å². The Hall–Kier alpha value is -1.83. The summed E-state index contributed by atoms with van der Waals surface area (Å²) in [5, 5.41) is 3.42. The Kier molecular flexibility index (Phi) is 6.24. The molecular formula is C19H15BrClFN2O2S. The van der Waals surface area contributed by atoms with Crippen LogP contribution in [0.25, 0.3) is 0 Å². The van der Waals surface area contributed by atoms with Crippen LogP contribution in [0.2, 0.25) is 5.02 Å². The Labute approximate surface area is 173 Å². The number of hydrogen-bond donors (Lipinski definition) is 1. The number of hydrogen-bond acceptors (Lipinski definition) is 3. The van der Waals surface area contributed by atoms with E-state index in [9.17, 15) is 14.0 Å². The monoisotopic (exact) mass is 468 g/mol. The maximum Gasteiger partial charge on any atom is 0.326 e. The van der Waals surface area contributed by atoms with Crippen molar-refractivity contribution in [2.45, 2.75) is 17.4 Å². The van der Waals surface area contributed by atoms with E-state index in [1.165, 1.54) is 41.1 Å². The molecule has 2 aromatic rings. The lowest BCUT2D eigenvalue weighted by atomic mass is 9.97. The molecule has 0 spiro atoms. The number of halogens is 3. The van der Waals surface area contributed by atoms with Gasteiger partial charge in [-0.1, -0.05) is 23.7 Å². The first-order valence-electron chi connectivity index (χ1n) is 7.98. The average molecular weight is 470 g/mol. The van der Waals surface area contributed by atoms with Crippen LogP contribution in [0.5, 0.6) is 0 Å². The second-order valence-electron chi connectivity index (χ2n) is 5.86. The van der Waals surface area contributed by atoms with Crippen molar-refractivity contribution in [2.24, 2.45) is 0 Å². The number of allylic oxidation sites excluding steroid dienone is 1. The lowest BCUT2D eigenvalue weighted by Crippen LogP contribution is -2.37. The van der Waals surface area contributed by atoms with Gasteiger partial charge in [0.15, 0.2) is 5.78 Å². The molecule has 8 heteroatoms. The third-order valence-corrected chi connectivity index (χ3v) is 5.98. The molecule has 0 fully saturated rings. The van der Waals surface area contributed by atoms with Crippen LogP contribution >= 0.6 is 39.3 Å². The van der Waals surface area contributed by atoms with Gasteiger partial charge in [0.05, 0.1) is 16.8 Å². The Bertz CT molecular complexity index is 921. The fraction of sp³-hybridized carbons (Fsp3) is 0.158. The van der Waals surface area contributed by atoms with Crippen LogP contribution < -0.4 is 5.32 Å². The first kappa shape index (κ1) is 19.9. The summed E-state index contributed by atoms with van der Waals surface area (Å²) in [7, 11) is 0. The van der Waals surface area contributed by atoms with Gasteiger partial charge in [0.25, 0.3) is 0 Å². The van der Waals surface area contributed by atoms with Crippen molar-refractivity contribution in [3.05, 3.63) is 69.6 Å². The van der Waals surface area contributed by atoms with E-state index < -0.39 is 12.1 Å². The van der Waals surface area contributed by atoms with E-state index >= 15 is 0 Å². The largest absolute Gasteiger partial charge is 0.326 e. The SMILES string of the molecule is CSc1cc(NC(=O)N2C=CC(=O)C[C@H]2c2ccc(F)cc2)c(Br)cc1Cl. The standard InChI is InChI=1S/C19H15BrClFN2O2S/c1-27-18-10-16(14(20)9-15(18)21)23-19(26)24-7-6-13(25)8-17(24)11-2-4-12(22)5-3-11/h2-7,9-10,17H,8H2,1H3,(H,23,26)/t17-/m0/s1. The van der Waals surface area contributed by atoms with E-state index in [0.29, 0.717) is 20.7 Å². The van der Waals surface area contributed by atoms with Gasteiger partial charge >= 0.3 is 6.03 Å². The molecule has 4 nitrogen and oxygen atoms in total. The molecule has 0 saturated carbocycles. The zero-order valence-electron chi connectivity index (χ0n) is 14.2. The van der Waals surface area contributed by atoms with E-state index in [4.69, 9.17) is 11.6 Å². The smallest absolute Gasteiger partial charge is 0.306 e. The maximum atomic E-state index is 13.2. The van der Waals surface area contributed by atoms with Gasteiger partial charge in [0.2, 0.25) is 0 Å². The summed E-state index contributed by atoms with van der Waals surface area (Å²) in [4.78, 5) is 27.0. The highest BCUT2D eigenvalue weighted by atomic mass is 79.9. The van der Waals surface area contributed by atoms with Crippen LogP contribution in [0, 0.1) is 5.82 Å². The Morgan fingerprint density at radius 1 is 1.33 bits per heavy atom. The molecule has 1 atom stereocenters. The molecule has 0 bridgehead atoms. The summed E-state index contributed by atoms with van der Waals surface area (Å²) in [6.45, 7) is 0. The molecule has 0 saturated heterocycles. The van der Waals surface area contributed by atoms with Crippen molar-refractivity contribution in [2.75, 3.05) is 11.6 Å². The molecule has 140 valence electrons. The van der Waals surface area contributed by atoms with E-state index in [1.807, 2.05) is 6.26 Å². The first-order chi connectivity index (χ1) is 12.9. The number of carbonyl (C=O) groups is 2. The Morgan fingerprint density at radius 3 is 2.70 bits per heavy atom. The van der Waals surface area contributed by atoms with E-state index in [2.05, 4.69) is 21.2 Å². The van der Waals surface area contributed by atoms with E-state index in [-0.39, 0.29) is 18.0 Å². The van der Waals surface area contributed by atoms with Crippen LogP contribution in [-0.4, -0.2) is 23.0 Å². The van der Waals surface area contributed by atoms with Gasteiger partial charge in [-0.15, -0.1) is 11.8 Å². The number of thioether (sulfide) groups is 1. The first-order valence-corrected chi connectivity index (χ1v) is 10.4. The Balaban J connectivity index is 1.88. The summed E-state index contributed by atoms with van der Waals surface area (Å²) in [5.74, 6) is -0.465. The van der Waals surface area contributed by atoms with Crippen molar-refractivity contribution >= 4 is 56.8 Å². The third-order valence-electron chi connectivity index (χ3n) is 4.12. The number of benzene rings is 2. The molecular weight excluding hydrogens is 455 g/mol. The van der Waals surface area contributed by atoms with Gasteiger partial charge in [-0.25, -0.2) is 9.18 Å². The number of ketones is 1. The van der Waals surface area contributed by atoms with Crippen LogP contribution in [0.1, 0.15) is 18.0 Å². The molecule has 1 N–H and O–H groups in total. The molecule has 0 aromatic heterocycles. The van der Waals surface area contributed by atoms with Crippen molar-refractivity contribution in [1.82, 2.24) is 4.90 Å². The number of nitrogens with one attached hydrogen (secondary N) is 1. The molecule has 1 aliphatic rings. The number of rotatable bonds is 3. The lowest BCUT2D eigenvalue weighted by Gasteiger charge is -2.31. The van der Waals surface area contributed by atoms with Gasteiger partial charge in [0, 0.05) is 22.0 Å². The minimum Gasteiger partial charge on any atom is -0.306 e. The second kappa shape index (κ2) is 8.46. The lowest BCUT2D eigenvalue weighted by molar-refractivity contribution is -0.116. The minimum absolute atomic E-state index is 0.0919. The summed E-state index contributed by atoms with van der Waals surface area (Å²) < 4.78 is 13.9. The molecule has 0 radical (unpaired) electrons. The highest BCUT2D eigenvalue weighted by molar-refractivity contribution is 9.10. The summed E-state index contributed by atoms with van der Waals surface area (Å²) in [6, 6.07) is 8.38. The molecule has 0 aliphatic carbocycles. The average Bonchev–Trinajstić information content (AvgIpc) is 2.64. The highest BCUT2D eigenvalue weighted by Gasteiger charge is 2.29. The molecule has 1 aliphatic heterocycles. The summed E-state index contributed by atoms with van der Waals surface area (Å²) in [5.41, 5.74) is 1.25. The Morgan fingerprint density at radius 2 is 2.04 bits per heavy atom. The predicted octanol–water partition coefficient (Wildman–Crippen LogP) is 6.03. The van der Waals surface area contributed by atoms with Crippen LogP contribution in [0.4, 0.5) is 14.9 Å². The fourth-order valence-corrected chi connectivity index (χ4v) is 4.22. The van der Waals surface area contributed by atoms with Gasteiger partial charge in [-0.3, -0.25) is 9.69 Å². The minimum atomic E-state index is -0.505. The topological polar surface area (TPSA) is 49.4 Å². The van der Waals surface area contributed by atoms with Crippen LogP contribution in [0.3, 0.4) is 0 Å². The number of amides is 2. The van der Waals surface area contributed by atoms with Crippen LogP contribution in [0.15, 0.2) is 58.0 Å². The van der Waals surface area contributed by atoms with E-state index in [1.54, 1.807) is 24.3 Å². The normalized spacial score (nSPS) is 16.5. The summed E-state index contributed by atoms with van der Waals surface area (Å²) in [6.07, 6.45) is 4.84. The van der Waals surface area contributed by atoms with Gasteiger partial charge in [0.1, 0.15) is 5.82 Å². The quantitative estimate of drug-likeness (QED) is 0.559. The fourth-order valence-electron chi connectivity index (χ4n) is 2.76. The predicted molar refractivity (Wildman–Crippen MR) is 110 cm³/mol. The number of urea groups is 1. The summed E-state index contributed by atoms with van der Waals surface area (Å²) >= 11 is 11.0. The maximum absolute atomic E-state index is 13.2. The van der Waals surface area contributed by atoms with Crippen molar-refractivity contribution in [3.63, 3.8) is 0 Å². The van der Waals surface area contributed by atoms with Crippen molar-refractivity contribution < 1.29 is 14.0 Å². The highest BCUT2D eigenvalue weighted by Crippen LogP contribution is 2.35. The zero-order chi connectivity index (χ0) is 19.6. The van der Waals surface area contributed by atoms with Crippen molar-refractivity contribution in [3.8, 4) is 0 Å². The number of carbonyl (C=O) groups excluding carboxylic acids is 2. The second-order valence-corrected chi connectivity index (χ2v) is 7.97. The van der Waals surface area contributed by atoms with Crippen molar-refractivity contribution in [1.29, 1.82) is 0 Å².